The van der Waals surface area contributed by atoms with Gasteiger partial charge in [0.15, 0.2) is 0 Å². The third-order valence-electron chi connectivity index (χ3n) is 2.66. The zero-order valence-electron chi connectivity index (χ0n) is 8.27. The summed E-state index contributed by atoms with van der Waals surface area (Å²) in [6.45, 7) is 2.95. The lowest BCUT2D eigenvalue weighted by Gasteiger charge is -2.26. The zero-order valence-corrected chi connectivity index (χ0v) is 9.09. The third kappa shape index (κ3) is 1.70. The van der Waals surface area contributed by atoms with Gasteiger partial charge in [0.1, 0.15) is 11.3 Å². The highest BCUT2D eigenvalue weighted by molar-refractivity contribution is 7.16. The van der Waals surface area contributed by atoms with Gasteiger partial charge in [0.2, 0.25) is 0 Å². The molecule has 0 bridgehead atoms. The second-order valence-electron chi connectivity index (χ2n) is 3.79. The minimum atomic E-state index is 0.666. The number of para-hydroxylation sites is 1. The summed E-state index contributed by atoms with van der Waals surface area (Å²) in [7, 11) is 0. The standard InChI is InChI=1S/C11H12N2OS/c1-2-9(14-6-8-4-12-5-8)11-10(3-1)15-7-13-11/h1-3,7-8,12H,4-6H2. The van der Waals surface area contributed by atoms with Gasteiger partial charge in [-0.15, -0.1) is 11.3 Å². The second kappa shape index (κ2) is 3.79. The van der Waals surface area contributed by atoms with Crippen molar-refractivity contribution in [3.05, 3.63) is 23.7 Å². The Morgan fingerprint density at radius 1 is 1.47 bits per heavy atom. The van der Waals surface area contributed by atoms with E-state index in [2.05, 4.69) is 16.4 Å². The predicted octanol–water partition coefficient (Wildman–Crippen LogP) is 1.89. The second-order valence-corrected chi connectivity index (χ2v) is 4.68. The maximum absolute atomic E-state index is 5.79. The number of nitrogens with one attached hydrogen (secondary N) is 1. The average molecular weight is 220 g/mol. The van der Waals surface area contributed by atoms with Crippen LogP contribution in [0.1, 0.15) is 0 Å². The summed E-state index contributed by atoms with van der Waals surface area (Å²) in [6.07, 6.45) is 0. The van der Waals surface area contributed by atoms with E-state index in [9.17, 15) is 0 Å². The molecule has 0 aliphatic carbocycles. The van der Waals surface area contributed by atoms with E-state index in [4.69, 9.17) is 4.74 Å². The summed E-state index contributed by atoms with van der Waals surface area (Å²) in [5.74, 6) is 1.58. The average Bonchev–Trinajstić information content (AvgIpc) is 2.63. The van der Waals surface area contributed by atoms with Crippen LogP contribution in [-0.2, 0) is 0 Å². The minimum absolute atomic E-state index is 0.666. The number of benzene rings is 1. The largest absolute Gasteiger partial charge is 0.491 e. The van der Waals surface area contributed by atoms with Crippen LogP contribution < -0.4 is 10.1 Å². The summed E-state index contributed by atoms with van der Waals surface area (Å²) in [5, 5.41) is 3.24. The summed E-state index contributed by atoms with van der Waals surface area (Å²) >= 11 is 1.65. The number of rotatable bonds is 3. The van der Waals surface area contributed by atoms with Crippen LogP contribution in [-0.4, -0.2) is 24.7 Å². The number of hydrogen-bond donors (Lipinski definition) is 1. The van der Waals surface area contributed by atoms with E-state index in [0.717, 1.165) is 31.0 Å². The van der Waals surface area contributed by atoms with E-state index >= 15 is 0 Å². The fourth-order valence-electron chi connectivity index (χ4n) is 1.65. The van der Waals surface area contributed by atoms with E-state index in [1.165, 1.54) is 4.70 Å². The fourth-order valence-corrected chi connectivity index (χ4v) is 2.34. The number of ether oxygens (including phenoxy) is 1. The van der Waals surface area contributed by atoms with Crippen LogP contribution in [0.25, 0.3) is 10.2 Å². The van der Waals surface area contributed by atoms with E-state index < -0.39 is 0 Å². The summed E-state index contributed by atoms with van der Waals surface area (Å²) in [5.41, 5.74) is 2.86. The van der Waals surface area contributed by atoms with Crippen molar-refractivity contribution < 1.29 is 4.74 Å². The number of hydrogen-bond acceptors (Lipinski definition) is 4. The highest BCUT2D eigenvalue weighted by Gasteiger charge is 2.17. The molecule has 0 amide bonds. The van der Waals surface area contributed by atoms with Crippen LogP contribution in [0.5, 0.6) is 5.75 Å². The smallest absolute Gasteiger partial charge is 0.146 e. The maximum Gasteiger partial charge on any atom is 0.146 e. The zero-order chi connectivity index (χ0) is 10.1. The van der Waals surface area contributed by atoms with Gasteiger partial charge >= 0.3 is 0 Å². The van der Waals surface area contributed by atoms with Crippen molar-refractivity contribution in [2.45, 2.75) is 0 Å². The number of fused-ring (bicyclic) bond motifs is 1. The molecule has 2 aromatic rings. The number of aromatic nitrogens is 1. The number of thiazole rings is 1. The number of nitrogens with zero attached hydrogens (tertiary/aromatic N) is 1. The molecule has 1 saturated heterocycles. The van der Waals surface area contributed by atoms with Crippen molar-refractivity contribution >= 4 is 21.6 Å². The molecule has 3 nitrogen and oxygen atoms in total. The molecule has 1 aromatic heterocycles. The van der Waals surface area contributed by atoms with Gasteiger partial charge in [0.05, 0.1) is 16.8 Å². The summed E-state index contributed by atoms with van der Waals surface area (Å²) in [6, 6.07) is 6.09. The Morgan fingerprint density at radius 3 is 3.20 bits per heavy atom. The molecule has 78 valence electrons. The topological polar surface area (TPSA) is 34.1 Å². The van der Waals surface area contributed by atoms with Gasteiger partial charge in [-0.05, 0) is 12.1 Å². The van der Waals surface area contributed by atoms with Gasteiger partial charge < -0.3 is 10.1 Å². The molecular weight excluding hydrogens is 208 g/mol. The van der Waals surface area contributed by atoms with E-state index in [1.807, 2.05) is 17.6 Å². The normalized spacial score (nSPS) is 16.5. The Bertz CT molecular complexity index is 464. The fraction of sp³-hybridized carbons (Fsp3) is 0.364. The molecule has 1 fully saturated rings. The summed E-state index contributed by atoms with van der Waals surface area (Å²) in [4.78, 5) is 4.32. The van der Waals surface area contributed by atoms with E-state index in [-0.39, 0.29) is 0 Å². The van der Waals surface area contributed by atoms with E-state index in [1.54, 1.807) is 11.3 Å². The Labute approximate surface area is 92.1 Å². The molecule has 1 aliphatic rings. The molecular formula is C11H12N2OS. The first-order valence-electron chi connectivity index (χ1n) is 5.09. The molecule has 1 aliphatic heterocycles. The van der Waals surface area contributed by atoms with Crippen LogP contribution in [0.15, 0.2) is 23.7 Å². The molecule has 0 unspecified atom stereocenters. The SMILES string of the molecule is c1cc(OCC2CNC2)c2ncsc2c1. The first kappa shape index (κ1) is 9.12. The van der Waals surface area contributed by atoms with Crippen molar-refractivity contribution in [3.63, 3.8) is 0 Å². The van der Waals surface area contributed by atoms with Crippen LogP contribution in [0.3, 0.4) is 0 Å². The lowest BCUT2D eigenvalue weighted by molar-refractivity contribution is 0.200. The lowest BCUT2D eigenvalue weighted by Crippen LogP contribution is -2.45. The Balaban J connectivity index is 1.80. The quantitative estimate of drug-likeness (QED) is 0.857. The van der Waals surface area contributed by atoms with Gasteiger partial charge in [0, 0.05) is 19.0 Å². The van der Waals surface area contributed by atoms with Crippen LogP contribution >= 0.6 is 11.3 Å². The molecule has 3 rings (SSSR count). The third-order valence-corrected chi connectivity index (χ3v) is 3.46. The molecule has 0 radical (unpaired) electrons. The van der Waals surface area contributed by atoms with Crippen LogP contribution in [0, 0.1) is 5.92 Å². The van der Waals surface area contributed by atoms with Crippen LogP contribution in [0.2, 0.25) is 0 Å². The van der Waals surface area contributed by atoms with Gasteiger partial charge in [-0.25, -0.2) is 4.98 Å². The Morgan fingerprint density at radius 2 is 2.40 bits per heavy atom. The van der Waals surface area contributed by atoms with E-state index in [0.29, 0.717) is 5.92 Å². The molecule has 2 heterocycles. The first-order chi connectivity index (χ1) is 7.43. The van der Waals surface area contributed by atoms with Crippen LogP contribution in [0.4, 0.5) is 0 Å². The highest BCUT2D eigenvalue weighted by atomic mass is 32.1. The molecule has 0 spiro atoms. The van der Waals surface area contributed by atoms with Gasteiger partial charge in [-0.1, -0.05) is 6.07 Å². The van der Waals surface area contributed by atoms with Gasteiger partial charge in [0.25, 0.3) is 0 Å². The predicted molar refractivity (Wildman–Crippen MR) is 61.5 cm³/mol. The molecule has 1 N–H and O–H groups in total. The molecule has 15 heavy (non-hydrogen) atoms. The lowest BCUT2D eigenvalue weighted by atomic mass is 10.1. The van der Waals surface area contributed by atoms with Crippen molar-refractivity contribution in [2.24, 2.45) is 5.92 Å². The van der Waals surface area contributed by atoms with Crippen molar-refractivity contribution in [1.82, 2.24) is 10.3 Å². The highest BCUT2D eigenvalue weighted by Crippen LogP contribution is 2.27. The van der Waals surface area contributed by atoms with Gasteiger partial charge in [-0.2, -0.15) is 0 Å². The van der Waals surface area contributed by atoms with Crippen molar-refractivity contribution in [2.75, 3.05) is 19.7 Å². The molecule has 4 heteroatoms. The molecule has 0 saturated carbocycles. The Hall–Kier alpha value is -1.13. The monoisotopic (exact) mass is 220 g/mol. The molecule has 0 atom stereocenters. The summed E-state index contributed by atoms with van der Waals surface area (Å²) < 4.78 is 6.98. The minimum Gasteiger partial charge on any atom is -0.491 e. The maximum atomic E-state index is 5.79. The van der Waals surface area contributed by atoms with Crippen molar-refractivity contribution in [1.29, 1.82) is 0 Å². The van der Waals surface area contributed by atoms with Gasteiger partial charge in [-0.3, -0.25) is 0 Å². The first-order valence-corrected chi connectivity index (χ1v) is 5.97. The molecule has 1 aromatic carbocycles. The Kier molecular flexibility index (Phi) is 2.31. The van der Waals surface area contributed by atoms with Crippen molar-refractivity contribution in [3.8, 4) is 5.75 Å².